The minimum atomic E-state index is -1.15. The first-order valence-corrected chi connectivity index (χ1v) is 7.92. The fourth-order valence-corrected chi connectivity index (χ4v) is 3.43. The second-order valence-corrected chi connectivity index (χ2v) is 6.01. The van der Waals surface area contributed by atoms with Crippen molar-refractivity contribution in [3.63, 3.8) is 0 Å². The number of benzene rings is 1. The molecule has 0 aliphatic carbocycles. The van der Waals surface area contributed by atoms with Crippen molar-refractivity contribution in [2.24, 2.45) is 0 Å². The van der Waals surface area contributed by atoms with Crippen LogP contribution in [0, 0.1) is 0 Å². The third kappa shape index (κ3) is 4.60. The third-order valence-electron chi connectivity index (χ3n) is 2.35. The molecule has 15 heavy (non-hydrogen) atoms. The summed E-state index contributed by atoms with van der Waals surface area (Å²) in [6, 6.07) is 11.6. The van der Waals surface area contributed by atoms with E-state index in [1.54, 1.807) is 7.11 Å². The van der Waals surface area contributed by atoms with Crippen LogP contribution in [0.1, 0.15) is 18.9 Å². The molecular formula is C12H20O2Si. The fourth-order valence-electron chi connectivity index (χ4n) is 1.57. The largest absolute Gasteiger partial charge is 0.396 e. The summed E-state index contributed by atoms with van der Waals surface area (Å²) >= 11 is 0. The van der Waals surface area contributed by atoms with Crippen LogP contribution in [-0.2, 0) is 15.2 Å². The molecule has 0 saturated carbocycles. The molecule has 0 radical (unpaired) electrons. The smallest absolute Gasteiger partial charge is 0.181 e. The van der Waals surface area contributed by atoms with Gasteiger partial charge in [0.25, 0.3) is 0 Å². The van der Waals surface area contributed by atoms with E-state index in [0.29, 0.717) is 0 Å². The van der Waals surface area contributed by atoms with Crippen LogP contribution in [0.2, 0.25) is 6.55 Å². The van der Waals surface area contributed by atoms with Crippen LogP contribution in [0.25, 0.3) is 0 Å². The highest BCUT2D eigenvalue weighted by Crippen LogP contribution is 2.07. The van der Waals surface area contributed by atoms with Crippen LogP contribution >= 0.6 is 0 Å². The molecule has 0 fully saturated rings. The van der Waals surface area contributed by atoms with Crippen LogP contribution in [0.3, 0.4) is 0 Å². The Balaban J connectivity index is 2.39. The lowest BCUT2D eigenvalue weighted by Crippen LogP contribution is -2.26. The van der Waals surface area contributed by atoms with E-state index in [9.17, 15) is 0 Å². The molecule has 2 atom stereocenters. The molecule has 84 valence electrons. The van der Waals surface area contributed by atoms with Crippen LogP contribution < -0.4 is 0 Å². The van der Waals surface area contributed by atoms with E-state index in [2.05, 4.69) is 37.7 Å². The summed E-state index contributed by atoms with van der Waals surface area (Å²) in [5.74, 6) is 0. The van der Waals surface area contributed by atoms with Crippen LogP contribution in [0.15, 0.2) is 30.3 Å². The normalized spacial score (nSPS) is 14.9. The highest BCUT2D eigenvalue weighted by atomic mass is 28.3. The Bertz CT molecular complexity index is 260. The van der Waals surface area contributed by atoms with Gasteiger partial charge in [-0.2, -0.15) is 0 Å². The van der Waals surface area contributed by atoms with Gasteiger partial charge in [0.15, 0.2) is 9.04 Å². The number of rotatable bonds is 6. The Morgan fingerprint density at radius 3 is 2.47 bits per heavy atom. The van der Waals surface area contributed by atoms with Crippen LogP contribution in [0.4, 0.5) is 0 Å². The summed E-state index contributed by atoms with van der Waals surface area (Å²) in [4.78, 5) is 0. The second-order valence-electron chi connectivity index (χ2n) is 3.71. The molecule has 0 aliphatic heterocycles. The molecule has 3 heteroatoms. The topological polar surface area (TPSA) is 18.5 Å². The van der Waals surface area contributed by atoms with E-state index in [1.807, 2.05) is 6.07 Å². The van der Waals surface area contributed by atoms with Gasteiger partial charge in [-0.15, -0.1) is 0 Å². The summed E-state index contributed by atoms with van der Waals surface area (Å²) in [6.07, 6.45) is 0.901. The van der Waals surface area contributed by atoms with Crippen molar-refractivity contribution >= 4 is 9.04 Å². The molecule has 1 aromatic carbocycles. The Labute approximate surface area is 93.9 Å². The Morgan fingerprint density at radius 1 is 1.27 bits per heavy atom. The zero-order valence-corrected chi connectivity index (χ0v) is 10.9. The van der Waals surface area contributed by atoms with E-state index >= 15 is 0 Å². The first-order valence-electron chi connectivity index (χ1n) is 5.48. The Hall–Kier alpha value is -0.643. The van der Waals surface area contributed by atoms with Gasteiger partial charge in [-0.25, -0.2) is 0 Å². The molecule has 0 saturated heterocycles. The highest BCUT2D eigenvalue weighted by Gasteiger charge is 2.12. The number of hydrogen-bond donors (Lipinski definition) is 0. The minimum absolute atomic E-state index is 0.0182. The van der Waals surface area contributed by atoms with Gasteiger partial charge in [-0.1, -0.05) is 37.3 Å². The van der Waals surface area contributed by atoms with E-state index in [4.69, 9.17) is 9.16 Å². The minimum Gasteiger partial charge on any atom is -0.396 e. The van der Waals surface area contributed by atoms with E-state index in [1.165, 1.54) is 5.56 Å². The van der Waals surface area contributed by atoms with Crippen molar-refractivity contribution in [1.82, 2.24) is 0 Å². The van der Waals surface area contributed by atoms with Gasteiger partial charge in [-0.3, -0.25) is 0 Å². The lowest BCUT2D eigenvalue weighted by atomic mass is 10.2. The summed E-state index contributed by atoms with van der Waals surface area (Å²) < 4.78 is 11.1. The zero-order valence-electron chi connectivity index (χ0n) is 9.77. The maximum absolute atomic E-state index is 5.87. The molecule has 0 N–H and O–H groups in total. The molecule has 2 nitrogen and oxygen atoms in total. The van der Waals surface area contributed by atoms with Crippen molar-refractivity contribution < 1.29 is 9.16 Å². The predicted octanol–water partition coefficient (Wildman–Crippen LogP) is 2.52. The summed E-state index contributed by atoms with van der Waals surface area (Å²) in [5, 5.41) is 0. The maximum atomic E-state index is 5.87. The molecule has 0 spiro atoms. The highest BCUT2D eigenvalue weighted by molar-refractivity contribution is 6.49. The standard InChI is InChI=1S/C12H20O2Si/c1-4-12(13-2)14-15(3)10-11-8-6-5-7-9-11/h5-9,12,15H,4,10H2,1-3H3. The van der Waals surface area contributed by atoms with Gasteiger partial charge in [0, 0.05) is 7.11 Å². The number of hydrogen-bond acceptors (Lipinski definition) is 2. The van der Waals surface area contributed by atoms with Gasteiger partial charge >= 0.3 is 0 Å². The first-order chi connectivity index (χ1) is 7.26. The zero-order chi connectivity index (χ0) is 11.1. The number of methoxy groups -OCH3 is 1. The molecule has 0 bridgehead atoms. The Kier molecular flexibility index (Phi) is 5.61. The van der Waals surface area contributed by atoms with Gasteiger partial charge in [0.2, 0.25) is 0 Å². The van der Waals surface area contributed by atoms with Gasteiger partial charge in [-0.05, 0) is 24.6 Å². The molecule has 0 aromatic heterocycles. The lowest BCUT2D eigenvalue weighted by molar-refractivity contribution is -0.0575. The third-order valence-corrected chi connectivity index (χ3v) is 4.16. The number of ether oxygens (including phenoxy) is 1. The van der Waals surface area contributed by atoms with Crippen molar-refractivity contribution in [2.75, 3.05) is 7.11 Å². The lowest BCUT2D eigenvalue weighted by Gasteiger charge is -2.19. The Morgan fingerprint density at radius 2 is 1.93 bits per heavy atom. The molecule has 1 rings (SSSR count). The van der Waals surface area contributed by atoms with E-state index in [-0.39, 0.29) is 6.29 Å². The molecule has 2 unspecified atom stereocenters. The quantitative estimate of drug-likeness (QED) is 0.546. The van der Waals surface area contributed by atoms with Crippen LogP contribution in [-0.4, -0.2) is 22.4 Å². The summed E-state index contributed by atoms with van der Waals surface area (Å²) in [7, 11) is 0.559. The SMILES string of the molecule is CCC(OC)O[SiH](C)Cc1ccccc1. The summed E-state index contributed by atoms with van der Waals surface area (Å²) in [6.45, 7) is 4.30. The van der Waals surface area contributed by atoms with Gasteiger partial charge in [0.1, 0.15) is 6.29 Å². The van der Waals surface area contributed by atoms with Gasteiger partial charge in [0.05, 0.1) is 0 Å². The van der Waals surface area contributed by atoms with Crippen molar-refractivity contribution in [1.29, 1.82) is 0 Å². The average Bonchev–Trinajstić information content (AvgIpc) is 2.27. The monoisotopic (exact) mass is 224 g/mol. The van der Waals surface area contributed by atoms with Gasteiger partial charge < -0.3 is 9.16 Å². The molecular weight excluding hydrogens is 204 g/mol. The predicted molar refractivity (Wildman–Crippen MR) is 65.3 cm³/mol. The summed E-state index contributed by atoms with van der Waals surface area (Å²) in [5.41, 5.74) is 1.36. The van der Waals surface area contributed by atoms with Crippen molar-refractivity contribution in [2.45, 2.75) is 32.2 Å². The average molecular weight is 224 g/mol. The molecule has 0 aliphatic rings. The second kappa shape index (κ2) is 6.77. The van der Waals surface area contributed by atoms with Crippen LogP contribution in [0.5, 0.6) is 0 Å². The fraction of sp³-hybridized carbons (Fsp3) is 0.500. The molecule has 1 aromatic rings. The first kappa shape index (κ1) is 12.4. The molecule has 0 amide bonds. The maximum Gasteiger partial charge on any atom is 0.181 e. The van der Waals surface area contributed by atoms with E-state index < -0.39 is 9.04 Å². The van der Waals surface area contributed by atoms with Crippen molar-refractivity contribution in [3.05, 3.63) is 35.9 Å². The van der Waals surface area contributed by atoms with E-state index in [0.717, 1.165) is 12.5 Å². The molecule has 0 heterocycles. The van der Waals surface area contributed by atoms with Crippen molar-refractivity contribution in [3.8, 4) is 0 Å².